The molecule has 3 fully saturated rings. The summed E-state index contributed by atoms with van der Waals surface area (Å²) in [4.78, 5) is 29.3. The maximum absolute atomic E-state index is 14.0. The standard InChI is InChI=1S/C20H19FN2O3/c21-11-3-4-15-13(8-11)16(22-7-1-2-18(22)24)10-17-20-6-5-12(26-20)9-14(20)19(25)23(15)17/h3-6,8,12,14,16-17H,1-2,7,9-10H2/t12-,14+,16+,17+,20+/m1/s1. The van der Waals surface area contributed by atoms with Gasteiger partial charge in [0.1, 0.15) is 11.4 Å². The molecule has 1 aromatic carbocycles. The second-order valence-corrected chi connectivity index (χ2v) is 8.03. The normalized spacial score (nSPS) is 39.6. The number of fused-ring (bicyclic) bond motifs is 4. The van der Waals surface area contributed by atoms with Crippen molar-refractivity contribution in [2.75, 3.05) is 11.4 Å². The second kappa shape index (κ2) is 4.74. The van der Waals surface area contributed by atoms with Crippen LogP contribution in [0.5, 0.6) is 0 Å². The Balaban J connectivity index is 1.52. The van der Waals surface area contributed by atoms with Crippen LogP contribution < -0.4 is 4.90 Å². The van der Waals surface area contributed by atoms with Crippen LogP contribution in [-0.2, 0) is 14.3 Å². The van der Waals surface area contributed by atoms with Crippen molar-refractivity contribution < 1.29 is 18.7 Å². The Morgan fingerprint density at radius 3 is 2.88 bits per heavy atom. The minimum Gasteiger partial charge on any atom is -0.361 e. The van der Waals surface area contributed by atoms with E-state index in [1.165, 1.54) is 12.1 Å². The molecule has 0 saturated carbocycles. The molecule has 5 atom stereocenters. The van der Waals surface area contributed by atoms with Gasteiger partial charge in [-0.2, -0.15) is 0 Å². The average Bonchev–Trinajstić information content (AvgIpc) is 3.37. The topological polar surface area (TPSA) is 49.9 Å². The molecule has 5 heterocycles. The minimum atomic E-state index is -0.588. The molecule has 5 nitrogen and oxygen atoms in total. The molecule has 26 heavy (non-hydrogen) atoms. The largest absolute Gasteiger partial charge is 0.361 e. The van der Waals surface area contributed by atoms with Crippen LogP contribution in [0.25, 0.3) is 0 Å². The summed E-state index contributed by atoms with van der Waals surface area (Å²) in [6.45, 7) is 0.690. The molecular weight excluding hydrogens is 335 g/mol. The zero-order valence-corrected chi connectivity index (χ0v) is 14.2. The van der Waals surface area contributed by atoms with Gasteiger partial charge in [-0.3, -0.25) is 9.59 Å². The van der Waals surface area contributed by atoms with Crippen LogP contribution in [0.2, 0.25) is 0 Å². The Kier molecular flexibility index (Phi) is 2.72. The number of hydrogen-bond donors (Lipinski definition) is 0. The number of likely N-dealkylation sites (tertiary alicyclic amines) is 1. The lowest BCUT2D eigenvalue weighted by molar-refractivity contribution is -0.130. The summed E-state index contributed by atoms with van der Waals surface area (Å²) in [5.74, 6) is -0.320. The Morgan fingerprint density at radius 1 is 1.23 bits per heavy atom. The van der Waals surface area contributed by atoms with E-state index in [0.29, 0.717) is 25.8 Å². The molecule has 0 unspecified atom stereocenters. The summed E-state index contributed by atoms with van der Waals surface area (Å²) in [6.07, 6.45) is 6.83. The van der Waals surface area contributed by atoms with E-state index < -0.39 is 5.60 Å². The van der Waals surface area contributed by atoms with Gasteiger partial charge in [0.15, 0.2) is 0 Å². The van der Waals surface area contributed by atoms with Crippen LogP contribution in [0.3, 0.4) is 0 Å². The summed E-state index contributed by atoms with van der Waals surface area (Å²) >= 11 is 0. The van der Waals surface area contributed by atoms with E-state index in [1.807, 2.05) is 9.80 Å². The highest BCUT2D eigenvalue weighted by Gasteiger charge is 2.67. The van der Waals surface area contributed by atoms with Crippen LogP contribution in [-0.4, -0.2) is 41.0 Å². The monoisotopic (exact) mass is 354 g/mol. The maximum atomic E-state index is 14.0. The molecular formula is C20H19FN2O3. The van der Waals surface area contributed by atoms with Gasteiger partial charge in [-0.05, 0) is 37.5 Å². The van der Waals surface area contributed by atoms with E-state index in [2.05, 4.69) is 12.2 Å². The fourth-order valence-corrected chi connectivity index (χ4v) is 5.80. The van der Waals surface area contributed by atoms with E-state index in [1.54, 1.807) is 6.07 Å². The summed E-state index contributed by atoms with van der Waals surface area (Å²) < 4.78 is 20.3. The van der Waals surface area contributed by atoms with E-state index in [-0.39, 0.29) is 41.7 Å². The number of carbonyl (C=O) groups excluding carboxylic acids is 2. The quantitative estimate of drug-likeness (QED) is 0.728. The molecule has 1 aromatic rings. The third-order valence-electron chi connectivity index (χ3n) is 6.85. The molecule has 0 aliphatic carbocycles. The van der Waals surface area contributed by atoms with E-state index in [0.717, 1.165) is 17.7 Å². The van der Waals surface area contributed by atoms with Crippen molar-refractivity contribution in [3.8, 4) is 0 Å². The fraction of sp³-hybridized carbons (Fsp3) is 0.500. The summed E-state index contributed by atoms with van der Waals surface area (Å²) in [7, 11) is 0. The number of ether oxygens (including phenoxy) is 1. The number of carbonyl (C=O) groups is 2. The second-order valence-electron chi connectivity index (χ2n) is 8.03. The highest BCUT2D eigenvalue weighted by Crippen LogP contribution is 2.58. The number of nitrogens with zero attached hydrogens (tertiary/aromatic N) is 2. The summed E-state index contributed by atoms with van der Waals surface area (Å²) in [6, 6.07) is 4.25. The first-order valence-electron chi connectivity index (χ1n) is 9.38. The van der Waals surface area contributed by atoms with Crippen molar-refractivity contribution in [2.45, 2.75) is 49.5 Å². The predicted octanol–water partition coefficient (Wildman–Crippen LogP) is 2.32. The number of halogens is 1. The zero-order chi connectivity index (χ0) is 17.6. The molecule has 6 heteroatoms. The fourth-order valence-electron chi connectivity index (χ4n) is 5.80. The first-order valence-corrected chi connectivity index (χ1v) is 9.38. The molecule has 134 valence electrons. The van der Waals surface area contributed by atoms with Gasteiger partial charge in [0.05, 0.1) is 24.1 Å². The lowest BCUT2D eigenvalue weighted by Crippen LogP contribution is -2.50. The van der Waals surface area contributed by atoms with Gasteiger partial charge in [0, 0.05) is 24.2 Å². The maximum Gasteiger partial charge on any atom is 0.233 e. The summed E-state index contributed by atoms with van der Waals surface area (Å²) in [5.41, 5.74) is 0.899. The number of amides is 2. The molecule has 0 N–H and O–H groups in total. The third-order valence-corrected chi connectivity index (χ3v) is 6.85. The first kappa shape index (κ1) is 14.9. The van der Waals surface area contributed by atoms with Gasteiger partial charge >= 0.3 is 0 Å². The van der Waals surface area contributed by atoms with Gasteiger partial charge in [-0.1, -0.05) is 12.2 Å². The Bertz CT molecular complexity index is 884. The minimum absolute atomic E-state index is 0.0209. The molecule has 2 amide bonds. The van der Waals surface area contributed by atoms with Crippen molar-refractivity contribution >= 4 is 17.5 Å². The zero-order valence-electron chi connectivity index (χ0n) is 14.2. The molecule has 3 saturated heterocycles. The van der Waals surface area contributed by atoms with E-state index in [4.69, 9.17) is 4.74 Å². The highest BCUT2D eigenvalue weighted by atomic mass is 19.1. The van der Waals surface area contributed by atoms with Crippen LogP contribution in [0.15, 0.2) is 30.4 Å². The Labute approximate surface area is 150 Å². The lowest BCUT2D eigenvalue weighted by atomic mass is 9.78. The van der Waals surface area contributed by atoms with Crippen molar-refractivity contribution in [1.82, 2.24) is 4.90 Å². The molecule has 0 radical (unpaired) electrons. The Morgan fingerprint density at radius 2 is 2.12 bits per heavy atom. The van der Waals surface area contributed by atoms with Gasteiger partial charge in [0.2, 0.25) is 11.8 Å². The van der Waals surface area contributed by atoms with Crippen LogP contribution in [0.4, 0.5) is 10.1 Å². The number of anilines is 1. The highest BCUT2D eigenvalue weighted by molar-refractivity contribution is 6.02. The predicted molar refractivity (Wildman–Crippen MR) is 90.8 cm³/mol. The molecule has 1 spiro atoms. The van der Waals surface area contributed by atoms with E-state index >= 15 is 0 Å². The van der Waals surface area contributed by atoms with Crippen molar-refractivity contribution in [2.24, 2.45) is 5.92 Å². The van der Waals surface area contributed by atoms with Gasteiger partial charge in [-0.25, -0.2) is 4.39 Å². The number of hydrogen-bond acceptors (Lipinski definition) is 3. The third kappa shape index (κ3) is 1.64. The number of rotatable bonds is 1. The molecule has 2 bridgehead atoms. The van der Waals surface area contributed by atoms with Crippen molar-refractivity contribution in [3.63, 3.8) is 0 Å². The van der Waals surface area contributed by atoms with Gasteiger partial charge < -0.3 is 14.5 Å². The molecule has 6 rings (SSSR count). The van der Waals surface area contributed by atoms with Crippen molar-refractivity contribution in [1.29, 1.82) is 0 Å². The van der Waals surface area contributed by atoms with Crippen molar-refractivity contribution in [3.05, 3.63) is 41.7 Å². The van der Waals surface area contributed by atoms with Crippen LogP contribution in [0, 0.1) is 11.7 Å². The first-order chi connectivity index (χ1) is 12.6. The molecule has 5 aliphatic rings. The smallest absolute Gasteiger partial charge is 0.233 e. The number of benzene rings is 1. The van der Waals surface area contributed by atoms with Crippen LogP contribution in [0.1, 0.15) is 37.3 Å². The Hall–Kier alpha value is -2.21. The SMILES string of the molecule is O=C1CCCN1[C@H]1C[C@@H]2N(C(=O)[C@@H]3C[C@H]4C=C[C@@]23O4)c2ccc(F)cc21. The average molecular weight is 354 g/mol. The summed E-state index contributed by atoms with van der Waals surface area (Å²) in [5, 5.41) is 0. The lowest BCUT2D eigenvalue weighted by Gasteiger charge is -2.44. The van der Waals surface area contributed by atoms with Gasteiger partial charge in [-0.15, -0.1) is 0 Å². The van der Waals surface area contributed by atoms with Gasteiger partial charge in [0.25, 0.3) is 0 Å². The molecule has 5 aliphatic heterocycles. The van der Waals surface area contributed by atoms with E-state index in [9.17, 15) is 14.0 Å². The van der Waals surface area contributed by atoms with Crippen LogP contribution >= 0.6 is 0 Å². The molecule has 0 aromatic heterocycles.